The van der Waals surface area contributed by atoms with Crippen molar-refractivity contribution in [2.24, 2.45) is 0 Å². The predicted molar refractivity (Wildman–Crippen MR) is 86.3 cm³/mol. The van der Waals surface area contributed by atoms with Gasteiger partial charge in [-0.15, -0.1) is 0 Å². The summed E-state index contributed by atoms with van der Waals surface area (Å²) in [7, 11) is -2.84. The minimum atomic E-state index is -4.72. The summed E-state index contributed by atoms with van der Waals surface area (Å²) in [4.78, 5) is 10.2. The van der Waals surface area contributed by atoms with Gasteiger partial charge in [0.15, 0.2) is 0 Å². The Bertz CT molecular complexity index is 775. The summed E-state index contributed by atoms with van der Waals surface area (Å²) in [6.45, 7) is 2.04. The van der Waals surface area contributed by atoms with Gasteiger partial charge in [0, 0.05) is 20.0 Å². The van der Waals surface area contributed by atoms with Crippen LogP contribution in [0.5, 0.6) is 0 Å². The van der Waals surface area contributed by atoms with Gasteiger partial charge in [0.1, 0.15) is 0 Å². The first-order chi connectivity index (χ1) is 11.9. The van der Waals surface area contributed by atoms with Crippen molar-refractivity contribution in [3.8, 4) is 0 Å². The van der Waals surface area contributed by atoms with Gasteiger partial charge >= 0.3 is 12.1 Å². The summed E-state index contributed by atoms with van der Waals surface area (Å²) in [5.41, 5.74) is -0.942. The molecular formula is C16H20F3NO5S. The zero-order valence-corrected chi connectivity index (χ0v) is 15.1. The Labute approximate surface area is 149 Å². The fourth-order valence-electron chi connectivity index (χ4n) is 2.46. The smallest absolute Gasteiger partial charge is 0.416 e. The first-order valence-corrected chi connectivity index (χ1v) is 9.37. The first kappa shape index (κ1) is 20.7. The molecule has 146 valence electrons. The summed E-state index contributed by atoms with van der Waals surface area (Å²) >= 11 is 0. The Morgan fingerprint density at radius 1 is 1.38 bits per heavy atom. The molecule has 0 spiro atoms. The molecule has 1 N–H and O–H groups in total. The van der Waals surface area contributed by atoms with Gasteiger partial charge in [0.25, 0.3) is 0 Å². The minimum absolute atomic E-state index is 0.0580. The third-order valence-electron chi connectivity index (χ3n) is 4.19. The number of nitrogens with zero attached hydrogens (tertiary/aromatic N) is 1. The summed E-state index contributed by atoms with van der Waals surface area (Å²) in [5.74, 6) is -1.61. The average Bonchev–Trinajstić information content (AvgIpc) is 3.35. The van der Waals surface area contributed by atoms with Crippen LogP contribution in [0.3, 0.4) is 0 Å². The largest absolute Gasteiger partial charge is 0.481 e. The molecule has 0 aliphatic carbocycles. The lowest BCUT2D eigenvalue weighted by Gasteiger charge is -2.20. The van der Waals surface area contributed by atoms with Crippen LogP contribution in [0.1, 0.15) is 36.8 Å². The molecule has 0 amide bonds. The molecule has 1 fully saturated rings. The van der Waals surface area contributed by atoms with E-state index in [0.717, 1.165) is 10.4 Å². The van der Waals surface area contributed by atoms with Crippen molar-refractivity contribution < 1.29 is 36.2 Å². The van der Waals surface area contributed by atoms with Crippen LogP contribution in [0.2, 0.25) is 0 Å². The Morgan fingerprint density at radius 2 is 2.00 bits per heavy atom. The van der Waals surface area contributed by atoms with Crippen LogP contribution in [-0.4, -0.2) is 50.1 Å². The van der Waals surface area contributed by atoms with Crippen LogP contribution < -0.4 is 0 Å². The number of rotatable bonds is 8. The molecule has 0 bridgehead atoms. The molecule has 1 aromatic carbocycles. The molecule has 10 heteroatoms. The standard InChI is InChI=1S/C16H20F3NO5S/c1-10(3-4-15(21)22)11-5-12(16(17,18)19)7-14(6-11)26(23,24)20(2)8-13-9-25-13/h5-7,10,13H,3-4,8-9H2,1-2H3,(H,21,22)/t10?,13-/m0/s1. The molecule has 1 heterocycles. The van der Waals surface area contributed by atoms with Crippen LogP contribution in [0.15, 0.2) is 23.1 Å². The topological polar surface area (TPSA) is 87.2 Å². The molecule has 1 aliphatic heterocycles. The van der Waals surface area contributed by atoms with E-state index in [0.29, 0.717) is 12.7 Å². The Kier molecular flexibility index (Phi) is 5.99. The quantitative estimate of drug-likeness (QED) is 0.684. The summed E-state index contributed by atoms with van der Waals surface area (Å²) in [5, 5.41) is 8.75. The fourth-order valence-corrected chi connectivity index (χ4v) is 3.75. The maximum Gasteiger partial charge on any atom is 0.416 e. The van der Waals surface area contributed by atoms with Crippen LogP contribution in [0.25, 0.3) is 0 Å². The number of halogens is 3. The van der Waals surface area contributed by atoms with Gasteiger partial charge in [0.05, 0.1) is 23.2 Å². The number of sulfonamides is 1. The van der Waals surface area contributed by atoms with Crippen LogP contribution in [-0.2, 0) is 25.7 Å². The van der Waals surface area contributed by atoms with Crippen molar-refractivity contribution in [3.05, 3.63) is 29.3 Å². The van der Waals surface area contributed by atoms with Crippen molar-refractivity contribution in [1.82, 2.24) is 4.31 Å². The highest BCUT2D eigenvalue weighted by Crippen LogP contribution is 2.35. The zero-order chi connectivity index (χ0) is 19.7. The number of ether oxygens (including phenoxy) is 1. The van der Waals surface area contributed by atoms with E-state index in [1.54, 1.807) is 6.92 Å². The number of alkyl halides is 3. The number of epoxide rings is 1. The van der Waals surface area contributed by atoms with E-state index in [4.69, 9.17) is 9.84 Å². The van der Waals surface area contributed by atoms with E-state index in [-0.39, 0.29) is 31.1 Å². The molecule has 1 aromatic rings. The Balaban J connectivity index is 2.40. The molecule has 0 radical (unpaired) electrons. The summed E-state index contributed by atoms with van der Waals surface area (Å²) in [6, 6.07) is 2.66. The first-order valence-electron chi connectivity index (χ1n) is 7.93. The highest BCUT2D eigenvalue weighted by Gasteiger charge is 2.35. The van der Waals surface area contributed by atoms with Crippen molar-refractivity contribution in [1.29, 1.82) is 0 Å². The van der Waals surface area contributed by atoms with Crippen molar-refractivity contribution in [2.75, 3.05) is 20.2 Å². The van der Waals surface area contributed by atoms with Crippen LogP contribution in [0, 0.1) is 0 Å². The zero-order valence-electron chi connectivity index (χ0n) is 14.3. The molecule has 6 nitrogen and oxygen atoms in total. The summed E-state index contributed by atoms with van der Waals surface area (Å²) in [6.07, 6.45) is -5.08. The number of benzene rings is 1. The molecule has 0 saturated carbocycles. The average molecular weight is 395 g/mol. The van der Waals surface area contributed by atoms with Crippen molar-refractivity contribution in [2.45, 2.75) is 42.9 Å². The van der Waals surface area contributed by atoms with Crippen molar-refractivity contribution >= 4 is 16.0 Å². The molecule has 1 saturated heterocycles. The molecule has 2 atom stereocenters. The van der Waals surface area contributed by atoms with Crippen LogP contribution >= 0.6 is 0 Å². The normalized spacial score (nSPS) is 18.8. The second-order valence-electron chi connectivity index (χ2n) is 6.36. The monoisotopic (exact) mass is 395 g/mol. The van der Waals surface area contributed by atoms with E-state index < -0.39 is 38.5 Å². The van der Waals surface area contributed by atoms with Gasteiger partial charge in [-0.25, -0.2) is 8.42 Å². The van der Waals surface area contributed by atoms with Crippen molar-refractivity contribution in [3.63, 3.8) is 0 Å². The van der Waals surface area contributed by atoms with Gasteiger partial charge in [-0.3, -0.25) is 4.79 Å². The van der Waals surface area contributed by atoms with E-state index in [1.165, 1.54) is 13.1 Å². The van der Waals surface area contributed by atoms with Crippen LogP contribution in [0.4, 0.5) is 13.2 Å². The molecule has 2 rings (SSSR count). The van der Waals surface area contributed by atoms with Gasteiger partial charge in [-0.2, -0.15) is 17.5 Å². The number of carbonyl (C=O) groups is 1. The van der Waals surface area contributed by atoms with Gasteiger partial charge in [0.2, 0.25) is 10.0 Å². The maximum atomic E-state index is 13.2. The number of carboxylic acids is 1. The van der Waals surface area contributed by atoms with Gasteiger partial charge in [-0.05, 0) is 36.1 Å². The second kappa shape index (κ2) is 7.53. The minimum Gasteiger partial charge on any atom is -0.481 e. The Hall–Kier alpha value is -1.65. The molecule has 0 aromatic heterocycles. The number of aliphatic carboxylic acids is 1. The number of carboxylic acid groups (broad SMARTS) is 1. The molecule has 26 heavy (non-hydrogen) atoms. The number of likely N-dealkylation sites (N-methyl/N-ethyl adjacent to an activating group) is 1. The highest BCUT2D eigenvalue weighted by atomic mass is 32.2. The highest BCUT2D eigenvalue weighted by molar-refractivity contribution is 7.89. The van der Waals surface area contributed by atoms with E-state index in [2.05, 4.69) is 0 Å². The maximum absolute atomic E-state index is 13.2. The molecular weight excluding hydrogens is 375 g/mol. The SMILES string of the molecule is CC(CCC(=O)O)c1cc(C(F)(F)F)cc(S(=O)(=O)N(C)C[C@H]2CO2)c1. The lowest BCUT2D eigenvalue weighted by Crippen LogP contribution is -2.31. The Morgan fingerprint density at radius 3 is 2.50 bits per heavy atom. The lowest BCUT2D eigenvalue weighted by atomic mass is 9.94. The molecule has 1 aliphatic rings. The van der Waals surface area contributed by atoms with E-state index in [1.807, 2.05) is 0 Å². The van der Waals surface area contributed by atoms with Gasteiger partial charge < -0.3 is 9.84 Å². The third-order valence-corrected chi connectivity index (χ3v) is 5.99. The molecule has 1 unspecified atom stereocenters. The number of hydrogen-bond donors (Lipinski definition) is 1. The predicted octanol–water partition coefficient (Wildman–Crippen LogP) is 2.69. The van der Waals surface area contributed by atoms with Gasteiger partial charge in [-0.1, -0.05) is 6.92 Å². The summed E-state index contributed by atoms with van der Waals surface area (Å²) < 4.78 is 70.8. The fraction of sp³-hybridized carbons (Fsp3) is 0.562. The lowest BCUT2D eigenvalue weighted by molar-refractivity contribution is -0.138. The van der Waals surface area contributed by atoms with E-state index in [9.17, 15) is 26.4 Å². The van der Waals surface area contributed by atoms with E-state index >= 15 is 0 Å². The number of hydrogen-bond acceptors (Lipinski definition) is 4. The third kappa shape index (κ3) is 5.18. The second-order valence-corrected chi connectivity index (χ2v) is 8.41.